The van der Waals surface area contributed by atoms with Crippen LogP contribution >= 0.6 is 11.6 Å². The number of carbonyl (C=O) groups excluding carboxylic acids is 2. The molecule has 0 rings (SSSR count). The molecular weight excluding hydrogens is 192 g/mol. The Morgan fingerprint density at radius 1 is 1.31 bits per heavy atom. The lowest BCUT2D eigenvalue weighted by atomic mass is 10.1. The number of carbonyl (C=O) groups is 2. The minimum atomic E-state index is -0.236. The van der Waals surface area contributed by atoms with E-state index in [1.165, 1.54) is 18.7 Å². The highest BCUT2D eigenvalue weighted by Crippen LogP contribution is 2.02. The Bertz CT molecular complexity index is 199. The summed E-state index contributed by atoms with van der Waals surface area (Å²) in [5, 5.41) is 0. The number of methoxy groups -OCH3 is 1. The van der Waals surface area contributed by atoms with Crippen LogP contribution in [0.1, 0.15) is 25.7 Å². The minimum absolute atomic E-state index is 0.0140. The Kier molecular flexibility index (Phi) is 7.30. The fourth-order valence-electron chi connectivity index (χ4n) is 0.824. The summed E-state index contributed by atoms with van der Waals surface area (Å²) >= 11 is 5.21. The highest BCUT2D eigenvalue weighted by atomic mass is 35.5. The van der Waals surface area contributed by atoms with Crippen LogP contribution in [0.3, 0.4) is 0 Å². The maximum absolute atomic E-state index is 10.9. The zero-order valence-electron chi connectivity index (χ0n) is 7.59. The minimum Gasteiger partial charge on any atom is -0.469 e. The Balaban J connectivity index is 3.35. The topological polar surface area (TPSA) is 43.4 Å². The van der Waals surface area contributed by atoms with Crippen LogP contribution in [-0.2, 0) is 14.3 Å². The third-order valence-corrected chi connectivity index (χ3v) is 1.66. The molecule has 0 aromatic heterocycles. The third-order valence-electron chi connectivity index (χ3n) is 1.53. The third kappa shape index (κ3) is 7.53. The lowest BCUT2D eigenvalue weighted by Crippen LogP contribution is -2.00. The van der Waals surface area contributed by atoms with Gasteiger partial charge in [0.2, 0.25) is 0 Å². The average molecular weight is 205 g/mol. The van der Waals surface area contributed by atoms with E-state index in [0.717, 1.165) is 0 Å². The van der Waals surface area contributed by atoms with Crippen molar-refractivity contribution in [2.75, 3.05) is 7.11 Å². The van der Waals surface area contributed by atoms with Crippen molar-refractivity contribution < 1.29 is 14.3 Å². The monoisotopic (exact) mass is 204 g/mol. The molecule has 0 aliphatic heterocycles. The van der Waals surface area contributed by atoms with Crippen LogP contribution in [0, 0.1) is 0 Å². The van der Waals surface area contributed by atoms with Gasteiger partial charge in [-0.15, -0.1) is 0 Å². The van der Waals surface area contributed by atoms with Crippen molar-refractivity contribution in [3.8, 4) is 0 Å². The number of rotatable bonds is 6. The van der Waals surface area contributed by atoms with E-state index in [4.69, 9.17) is 11.6 Å². The van der Waals surface area contributed by atoms with Gasteiger partial charge < -0.3 is 4.74 Å². The van der Waals surface area contributed by atoms with Gasteiger partial charge in [0.1, 0.15) is 0 Å². The molecule has 74 valence electrons. The summed E-state index contributed by atoms with van der Waals surface area (Å²) in [5.41, 5.74) is 1.20. The molecule has 0 bridgehead atoms. The van der Waals surface area contributed by atoms with E-state index in [9.17, 15) is 9.59 Å². The van der Waals surface area contributed by atoms with E-state index in [-0.39, 0.29) is 11.8 Å². The molecule has 0 amide bonds. The highest BCUT2D eigenvalue weighted by molar-refractivity contribution is 6.26. The molecule has 0 aromatic rings. The summed E-state index contributed by atoms with van der Waals surface area (Å²) < 4.78 is 4.45. The number of ketones is 1. The molecule has 0 unspecified atom stereocenters. The molecule has 3 nitrogen and oxygen atoms in total. The predicted molar refractivity (Wildman–Crippen MR) is 50.5 cm³/mol. The Labute approximate surface area is 82.7 Å². The summed E-state index contributed by atoms with van der Waals surface area (Å²) in [4.78, 5) is 21.5. The molecule has 0 radical (unpaired) electrons. The lowest BCUT2D eigenvalue weighted by Gasteiger charge is -1.97. The SMILES string of the molecule is COC(=O)CCCCC(=O)/C=C/Cl. The second-order valence-electron chi connectivity index (χ2n) is 2.54. The first kappa shape index (κ1) is 12.2. The van der Waals surface area contributed by atoms with Gasteiger partial charge in [-0.05, 0) is 18.9 Å². The van der Waals surface area contributed by atoms with Gasteiger partial charge in [-0.25, -0.2) is 0 Å². The highest BCUT2D eigenvalue weighted by Gasteiger charge is 2.01. The fourth-order valence-corrected chi connectivity index (χ4v) is 0.965. The number of unbranched alkanes of at least 4 members (excludes halogenated alkanes) is 1. The van der Waals surface area contributed by atoms with Crippen molar-refractivity contribution in [2.24, 2.45) is 0 Å². The molecular formula is C9H13ClO3. The van der Waals surface area contributed by atoms with Crippen LogP contribution in [0.5, 0.6) is 0 Å². The second-order valence-corrected chi connectivity index (χ2v) is 2.79. The molecule has 0 fully saturated rings. The first-order valence-corrected chi connectivity index (χ1v) is 4.50. The van der Waals surface area contributed by atoms with E-state index in [2.05, 4.69) is 4.74 Å². The molecule has 0 aliphatic carbocycles. The number of halogens is 1. The number of hydrogen-bond donors (Lipinski definition) is 0. The van der Waals surface area contributed by atoms with E-state index in [0.29, 0.717) is 25.7 Å². The molecule has 0 N–H and O–H groups in total. The number of ether oxygens (including phenoxy) is 1. The van der Waals surface area contributed by atoms with Crippen LogP contribution in [0.25, 0.3) is 0 Å². The molecule has 0 atom stereocenters. The molecule has 4 heteroatoms. The summed E-state index contributed by atoms with van der Waals surface area (Å²) in [6.07, 6.45) is 3.48. The van der Waals surface area contributed by atoms with Crippen LogP contribution in [-0.4, -0.2) is 18.9 Å². The van der Waals surface area contributed by atoms with Gasteiger partial charge in [-0.2, -0.15) is 0 Å². The maximum atomic E-state index is 10.9. The molecule has 0 aliphatic rings. The van der Waals surface area contributed by atoms with Gasteiger partial charge in [0.05, 0.1) is 7.11 Å². The van der Waals surface area contributed by atoms with Gasteiger partial charge in [0, 0.05) is 18.4 Å². The normalized spacial score (nSPS) is 10.3. The van der Waals surface area contributed by atoms with Crippen LogP contribution in [0.4, 0.5) is 0 Å². The molecule has 0 heterocycles. The van der Waals surface area contributed by atoms with Gasteiger partial charge in [0.15, 0.2) is 5.78 Å². The van der Waals surface area contributed by atoms with Crippen molar-refractivity contribution in [3.05, 3.63) is 11.6 Å². The average Bonchev–Trinajstić information content (AvgIpc) is 2.12. The molecule has 0 spiro atoms. The fraction of sp³-hybridized carbons (Fsp3) is 0.556. The molecule has 0 aromatic carbocycles. The largest absolute Gasteiger partial charge is 0.469 e. The van der Waals surface area contributed by atoms with Crippen molar-refractivity contribution in [1.29, 1.82) is 0 Å². The number of hydrogen-bond acceptors (Lipinski definition) is 3. The van der Waals surface area contributed by atoms with E-state index < -0.39 is 0 Å². The number of allylic oxidation sites excluding steroid dienone is 1. The van der Waals surface area contributed by atoms with E-state index in [1.807, 2.05) is 0 Å². The van der Waals surface area contributed by atoms with Crippen molar-refractivity contribution >= 4 is 23.4 Å². The van der Waals surface area contributed by atoms with Crippen molar-refractivity contribution in [2.45, 2.75) is 25.7 Å². The quantitative estimate of drug-likeness (QED) is 0.378. The lowest BCUT2D eigenvalue weighted by molar-refractivity contribution is -0.140. The predicted octanol–water partition coefficient (Wildman–Crippen LogP) is 2.04. The summed E-state index contributed by atoms with van der Waals surface area (Å²) in [6, 6.07) is 0. The standard InChI is InChI=1S/C9H13ClO3/c1-13-9(12)5-3-2-4-8(11)6-7-10/h6-7H,2-5H2,1H3/b7-6+. The Hall–Kier alpha value is -0.830. The van der Waals surface area contributed by atoms with Gasteiger partial charge in [0.25, 0.3) is 0 Å². The summed E-state index contributed by atoms with van der Waals surface area (Å²) in [5.74, 6) is -0.250. The zero-order chi connectivity index (χ0) is 10.1. The molecule has 0 saturated carbocycles. The molecule has 13 heavy (non-hydrogen) atoms. The summed E-state index contributed by atoms with van der Waals surface area (Å²) in [7, 11) is 1.35. The first-order valence-electron chi connectivity index (χ1n) is 4.07. The van der Waals surface area contributed by atoms with Gasteiger partial charge in [-0.1, -0.05) is 11.6 Å². The smallest absolute Gasteiger partial charge is 0.305 e. The van der Waals surface area contributed by atoms with Crippen LogP contribution in [0.15, 0.2) is 11.6 Å². The van der Waals surface area contributed by atoms with Gasteiger partial charge >= 0.3 is 5.97 Å². The molecule has 0 saturated heterocycles. The summed E-state index contributed by atoms with van der Waals surface area (Å²) in [6.45, 7) is 0. The van der Waals surface area contributed by atoms with Crippen LogP contribution in [0.2, 0.25) is 0 Å². The first-order chi connectivity index (χ1) is 6.20. The zero-order valence-corrected chi connectivity index (χ0v) is 8.34. The van der Waals surface area contributed by atoms with E-state index in [1.54, 1.807) is 0 Å². The van der Waals surface area contributed by atoms with Gasteiger partial charge in [-0.3, -0.25) is 9.59 Å². The van der Waals surface area contributed by atoms with Crippen molar-refractivity contribution in [3.63, 3.8) is 0 Å². The Morgan fingerprint density at radius 2 is 1.92 bits per heavy atom. The van der Waals surface area contributed by atoms with Crippen LogP contribution < -0.4 is 0 Å². The van der Waals surface area contributed by atoms with Crippen molar-refractivity contribution in [1.82, 2.24) is 0 Å². The number of esters is 1. The second kappa shape index (κ2) is 7.80. The maximum Gasteiger partial charge on any atom is 0.305 e. The van der Waals surface area contributed by atoms with E-state index >= 15 is 0 Å². The Morgan fingerprint density at radius 3 is 2.46 bits per heavy atom.